The average Bonchev–Trinajstić information content (AvgIpc) is 2.19. The molecule has 0 unspecified atom stereocenters. The first-order chi connectivity index (χ1) is 8.28. The van der Waals surface area contributed by atoms with Crippen LogP contribution < -0.4 is 10.1 Å². The molecule has 5 heteroatoms. The summed E-state index contributed by atoms with van der Waals surface area (Å²) in [6.45, 7) is 4.66. The third-order valence-corrected chi connectivity index (χ3v) is 2.44. The molecule has 18 heavy (non-hydrogen) atoms. The van der Waals surface area contributed by atoms with Gasteiger partial charge >= 0.3 is 6.61 Å². The Bertz CT molecular complexity index is 391. The summed E-state index contributed by atoms with van der Waals surface area (Å²) >= 11 is 5.85. The van der Waals surface area contributed by atoms with E-state index in [1.54, 1.807) is 6.07 Å². The first-order valence-corrected chi connectivity index (χ1v) is 6.10. The molecule has 1 rings (SSSR count). The Kier molecular flexibility index (Phi) is 5.35. The van der Waals surface area contributed by atoms with E-state index in [0.29, 0.717) is 17.1 Å². The molecule has 2 nitrogen and oxygen atoms in total. The van der Waals surface area contributed by atoms with Crippen molar-refractivity contribution in [3.8, 4) is 5.75 Å². The molecule has 0 saturated carbocycles. The molecule has 0 radical (unpaired) electrons. The second kappa shape index (κ2) is 6.34. The van der Waals surface area contributed by atoms with Gasteiger partial charge in [-0.2, -0.15) is 8.78 Å². The van der Waals surface area contributed by atoms with Crippen LogP contribution in [0.15, 0.2) is 18.2 Å². The zero-order valence-electron chi connectivity index (χ0n) is 10.8. The standard InChI is InChI=1S/C13H18ClF2NO/c1-13(2,3)8-17-7-9-6-10(14)4-5-11(9)18-12(15)16/h4-6,12,17H,7-8H2,1-3H3. The van der Waals surface area contributed by atoms with Gasteiger partial charge in [-0.05, 0) is 23.6 Å². The minimum absolute atomic E-state index is 0.127. The highest BCUT2D eigenvalue weighted by Gasteiger charge is 2.12. The molecule has 0 amide bonds. The third-order valence-electron chi connectivity index (χ3n) is 2.21. The zero-order chi connectivity index (χ0) is 13.8. The Balaban J connectivity index is 2.70. The van der Waals surface area contributed by atoms with Crippen molar-refractivity contribution in [2.24, 2.45) is 5.41 Å². The van der Waals surface area contributed by atoms with E-state index in [9.17, 15) is 8.78 Å². The molecule has 1 aromatic rings. The van der Waals surface area contributed by atoms with E-state index in [1.165, 1.54) is 12.1 Å². The fourth-order valence-electron chi connectivity index (χ4n) is 1.47. The van der Waals surface area contributed by atoms with Crippen molar-refractivity contribution in [2.75, 3.05) is 6.54 Å². The van der Waals surface area contributed by atoms with Gasteiger partial charge in [0.15, 0.2) is 0 Å². The quantitative estimate of drug-likeness (QED) is 0.876. The van der Waals surface area contributed by atoms with Crippen LogP contribution in [0, 0.1) is 5.41 Å². The summed E-state index contributed by atoms with van der Waals surface area (Å²) in [5.74, 6) is 0.163. The Morgan fingerprint density at radius 2 is 2.00 bits per heavy atom. The third kappa shape index (κ3) is 5.65. The molecule has 0 fully saturated rings. The van der Waals surface area contributed by atoms with Gasteiger partial charge in [0.25, 0.3) is 0 Å². The van der Waals surface area contributed by atoms with Crippen molar-refractivity contribution in [1.82, 2.24) is 5.32 Å². The van der Waals surface area contributed by atoms with Crippen LogP contribution in [0.1, 0.15) is 26.3 Å². The van der Waals surface area contributed by atoms with E-state index >= 15 is 0 Å². The molecule has 1 N–H and O–H groups in total. The maximum Gasteiger partial charge on any atom is 0.387 e. The Labute approximate surface area is 111 Å². The topological polar surface area (TPSA) is 21.3 Å². The van der Waals surface area contributed by atoms with Crippen molar-refractivity contribution in [1.29, 1.82) is 0 Å². The lowest BCUT2D eigenvalue weighted by molar-refractivity contribution is -0.0505. The molecule has 0 aliphatic rings. The smallest absolute Gasteiger partial charge is 0.387 e. The summed E-state index contributed by atoms with van der Waals surface area (Å²) in [6.07, 6.45) is 0. The molecule has 0 heterocycles. The molecule has 0 spiro atoms. The molecule has 0 atom stereocenters. The number of alkyl halides is 2. The molecular weight excluding hydrogens is 260 g/mol. The van der Waals surface area contributed by atoms with E-state index in [1.807, 2.05) is 0 Å². The Morgan fingerprint density at radius 1 is 1.33 bits per heavy atom. The van der Waals surface area contributed by atoms with Gasteiger partial charge in [0.2, 0.25) is 0 Å². The van der Waals surface area contributed by atoms with Gasteiger partial charge in [0, 0.05) is 23.7 Å². The normalized spacial score (nSPS) is 11.9. The molecule has 0 saturated heterocycles. The second-order valence-corrected chi connectivity index (χ2v) is 5.73. The van der Waals surface area contributed by atoms with Crippen LogP contribution >= 0.6 is 11.6 Å². The van der Waals surface area contributed by atoms with Gasteiger partial charge in [-0.15, -0.1) is 0 Å². The lowest BCUT2D eigenvalue weighted by atomic mass is 9.97. The van der Waals surface area contributed by atoms with Crippen LogP contribution in [0.5, 0.6) is 5.75 Å². The minimum atomic E-state index is -2.83. The van der Waals surface area contributed by atoms with E-state index < -0.39 is 6.61 Å². The predicted molar refractivity (Wildman–Crippen MR) is 69.2 cm³/mol. The van der Waals surface area contributed by atoms with E-state index in [0.717, 1.165) is 6.54 Å². The molecule has 0 aliphatic carbocycles. The van der Waals surface area contributed by atoms with E-state index in [-0.39, 0.29) is 11.2 Å². The molecular formula is C13H18ClF2NO. The number of hydrogen-bond acceptors (Lipinski definition) is 2. The number of rotatable bonds is 5. The SMILES string of the molecule is CC(C)(C)CNCc1cc(Cl)ccc1OC(F)F. The summed E-state index contributed by atoms with van der Waals surface area (Å²) < 4.78 is 28.9. The lowest BCUT2D eigenvalue weighted by Crippen LogP contribution is -2.26. The van der Waals surface area contributed by atoms with Crippen LogP contribution in [0.3, 0.4) is 0 Å². The first kappa shape index (κ1) is 15.2. The van der Waals surface area contributed by atoms with Gasteiger partial charge in [0.05, 0.1) is 0 Å². The fourth-order valence-corrected chi connectivity index (χ4v) is 1.66. The maximum atomic E-state index is 12.2. The van der Waals surface area contributed by atoms with Crippen molar-refractivity contribution in [2.45, 2.75) is 33.9 Å². The summed E-state index contributed by atoms with van der Waals surface area (Å²) in [5.41, 5.74) is 0.759. The summed E-state index contributed by atoms with van der Waals surface area (Å²) in [5, 5.41) is 3.70. The fraction of sp³-hybridized carbons (Fsp3) is 0.538. The summed E-state index contributed by atoms with van der Waals surface area (Å²) in [6, 6.07) is 4.63. The minimum Gasteiger partial charge on any atom is -0.434 e. The van der Waals surface area contributed by atoms with Gasteiger partial charge in [-0.1, -0.05) is 32.4 Å². The first-order valence-electron chi connectivity index (χ1n) is 5.72. The van der Waals surface area contributed by atoms with Crippen LogP contribution in [-0.2, 0) is 6.54 Å². The molecule has 102 valence electrons. The second-order valence-electron chi connectivity index (χ2n) is 5.29. The highest BCUT2D eigenvalue weighted by atomic mass is 35.5. The largest absolute Gasteiger partial charge is 0.434 e. The van der Waals surface area contributed by atoms with Crippen molar-refractivity contribution in [3.63, 3.8) is 0 Å². The van der Waals surface area contributed by atoms with Gasteiger partial charge in [-0.3, -0.25) is 0 Å². The number of ether oxygens (including phenoxy) is 1. The predicted octanol–water partition coefficient (Wildman–Crippen LogP) is 4.08. The Hall–Kier alpha value is -0.870. The van der Waals surface area contributed by atoms with Gasteiger partial charge in [0.1, 0.15) is 5.75 Å². The summed E-state index contributed by atoms with van der Waals surface area (Å²) in [4.78, 5) is 0. The van der Waals surface area contributed by atoms with Gasteiger partial charge in [-0.25, -0.2) is 0 Å². The number of nitrogens with one attached hydrogen (secondary N) is 1. The van der Waals surface area contributed by atoms with Gasteiger partial charge < -0.3 is 10.1 Å². The number of hydrogen-bond donors (Lipinski definition) is 1. The maximum absolute atomic E-state index is 12.2. The monoisotopic (exact) mass is 277 g/mol. The number of benzene rings is 1. The van der Waals surface area contributed by atoms with Crippen molar-refractivity contribution < 1.29 is 13.5 Å². The highest BCUT2D eigenvalue weighted by Crippen LogP contribution is 2.24. The Morgan fingerprint density at radius 3 is 2.56 bits per heavy atom. The molecule has 0 aliphatic heterocycles. The lowest BCUT2D eigenvalue weighted by Gasteiger charge is -2.19. The van der Waals surface area contributed by atoms with Crippen LogP contribution in [-0.4, -0.2) is 13.2 Å². The van der Waals surface area contributed by atoms with Crippen LogP contribution in [0.2, 0.25) is 5.02 Å². The summed E-state index contributed by atoms with van der Waals surface area (Å²) in [7, 11) is 0. The van der Waals surface area contributed by atoms with E-state index in [4.69, 9.17) is 11.6 Å². The van der Waals surface area contributed by atoms with E-state index in [2.05, 4.69) is 30.8 Å². The number of halogens is 3. The van der Waals surface area contributed by atoms with Crippen molar-refractivity contribution >= 4 is 11.6 Å². The van der Waals surface area contributed by atoms with Crippen molar-refractivity contribution in [3.05, 3.63) is 28.8 Å². The highest BCUT2D eigenvalue weighted by molar-refractivity contribution is 6.30. The van der Waals surface area contributed by atoms with Crippen LogP contribution in [0.4, 0.5) is 8.78 Å². The zero-order valence-corrected chi connectivity index (χ0v) is 11.5. The molecule has 1 aromatic carbocycles. The molecule has 0 aromatic heterocycles. The molecule has 0 bridgehead atoms. The average molecular weight is 278 g/mol. The van der Waals surface area contributed by atoms with Crippen LogP contribution in [0.25, 0.3) is 0 Å².